The van der Waals surface area contributed by atoms with Gasteiger partial charge >= 0.3 is 0 Å². The summed E-state index contributed by atoms with van der Waals surface area (Å²) in [6.07, 6.45) is -0.227. The Hall–Kier alpha value is -1.51. The summed E-state index contributed by atoms with van der Waals surface area (Å²) in [5, 5.41) is 13.5. The average molecular weight is 359 g/mol. The quantitative estimate of drug-likeness (QED) is 0.658. The van der Waals surface area contributed by atoms with Crippen molar-refractivity contribution in [2.75, 3.05) is 13.2 Å². The number of nitrogens with one attached hydrogen (secondary N) is 1. The van der Waals surface area contributed by atoms with Crippen molar-refractivity contribution in [1.29, 1.82) is 0 Å². The van der Waals surface area contributed by atoms with Crippen LogP contribution in [-0.4, -0.2) is 35.9 Å². The Balaban J connectivity index is 1.98. The third-order valence-electron chi connectivity index (χ3n) is 2.96. The molecule has 1 aliphatic rings. The Labute approximate surface area is 129 Å². The standard InChI is InChI=1S/C13H15BrN2O5/c1-13(2)20-7-9(21-13)6-15-12(17)8-3-4-10(14)11(5-8)16(18)19/h3-5,9H,6-7H2,1-2H3,(H,15,17). The first-order chi connectivity index (χ1) is 9.78. The number of carbonyl (C=O) groups is 1. The lowest BCUT2D eigenvalue weighted by atomic mass is 10.2. The summed E-state index contributed by atoms with van der Waals surface area (Å²) in [7, 11) is 0. The molecule has 21 heavy (non-hydrogen) atoms. The maximum absolute atomic E-state index is 12.0. The normalized spacial score (nSPS) is 20.2. The molecule has 0 bridgehead atoms. The molecule has 1 atom stereocenters. The molecule has 0 radical (unpaired) electrons. The SMILES string of the molecule is CC1(C)OCC(CNC(=O)c2ccc(Br)c([N+](=O)[O-])c2)O1. The number of benzene rings is 1. The molecule has 1 unspecified atom stereocenters. The van der Waals surface area contributed by atoms with Gasteiger partial charge in [0.1, 0.15) is 6.10 Å². The highest BCUT2D eigenvalue weighted by Gasteiger charge is 2.32. The molecule has 1 N–H and O–H groups in total. The summed E-state index contributed by atoms with van der Waals surface area (Å²) in [6.45, 7) is 4.28. The van der Waals surface area contributed by atoms with Gasteiger partial charge in [0.05, 0.1) is 16.0 Å². The van der Waals surface area contributed by atoms with E-state index in [1.807, 2.05) is 0 Å². The van der Waals surface area contributed by atoms with Gasteiger partial charge in [-0.2, -0.15) is 0 Å². The zero-order valence-corrected chi connectivity index (χ0v) is 13.2. The molecule has 1 aliphatic heterocycles. The Morgan fingerprint density at radius 2 is 2.29 bits per heavy atom. The maximum atomic E-state index is 12.0. The molecule has 1 aromatic rings. The average Bonchev–Trinajstić information content (AvgIpc) is 2.75. The number of rotatable bonds is 4. The van der Waals surface area contributed by atoms with Crippen molar-refractivity contribution in [3.05, 3.63) is 38.3 Å². The minimum atomic E-state index is -0.647. The van der Waals surface area contributed by atoms with Crippen LogP contribution in [0.4, 0.5) is 5.69 Å². The van der Waals surface area contributed by atoms with E-state index in [1.54, 1.807) is 13.8 Å². The van der Waals surface area contributed by atoms with Crippen molar-refractivity contribution >= 4 is 27.5 Å². The number of amides is 1. The van der Waals surface area contributed by atoms with E-state index >= 15 is 0 Å². The zero-order chi connectivity index (χ0) is 15.6. The summed E-state index contributed by atoms with van der Waals surface area (Å²) in [4.78, 5) is 22.3. The third-order valence-corrected chi connectivity index (χ3v) is 3.63. The number of nitro groups is 1. The molecule has 8 heteroatoms. The summed E-state index contributed by atoms with van der Waals surface area (Å²) in [5.74, 6) is -1.04. The van der Waals surface area contributed by atoms with Crippen LogP contribution in [0.25, 0.3) is 0 Å². The smallest absolute Gasteiger partial charge is 0.284 e. The number of hydrogen-bond donors (Lipinski definition) is 1. The molecule has 0 spiro atoms. The molecule has 0 saturated carbocycles. The largest absolute Gasteiger partial charge is 0.349 e. The molecule has 0 aromatic heterocycles. The molecular weight excluding hydrogens is 344 g/mol. The van der Waals surface area contributed by atoms with Crippen LogP contribution in [0, 0.1) is 10.1 Å². The Morgan fingerprint density at radius 3 is 2.86 bits per heavy atom. The maximum Gasteiger partial charge on any atom is 0.284 e. The summed E-state index contributed by atoms with van der Waals surface area (Å²) in [6, 6.07) is 4.23. The van der Waals surface area contributed by atoms with Crippen LogP contribution in [0.5, 0.6) is 0 Å². The first kappa shape index (κ1) is 15.9. The third kappa shape index (κ3) is 3.99. The Bertz CT molecular complexity index is 576. The molecule has 1 heterocycles. The Kier molecular flexibility index (Phi) is 4.60. The van der Waals surface area contributed by atoms with Crippen molar-refractivity contribution in [1.82, 2.24) is 5.32 Å². The number of hydrogen-bond acceptors (Lipinski definition) is 5. The topological polar surface area (TPSA) is 90.7 Å². The Morgan fingerprint density at radius 1 is 1.57 bits per heavy atom. The lowest BCUT2D eigenvalue weighted by Gasteiger charge is -2.17. The molecule has 1 aromatic carbocycles. The van der Waals surface area contributed by atoms with E-state index in [0.717, 1.165) is 0 Å². The van der Waals surface area contributed by atoms with E-state index in [1.165, 1.54) is 18.2 Å². The predicted molar refractivity (Wildman–Crippen MR) is 78.0 cm³/mol. The van der Waals surface area contributed by atoms with Crippen LogP contribution in [0.2, 0.25) is 0 Å². The molecule has 0 aliphatic carbocycles. The first-order valence-corrected chi connectivity index (χ1v) is 7.12. The van der Waals surface area contributed by atoms with Gasteiger partial charge in [0.2, 0.25) is 0 Å². The highest BCUT2D eigenvalue weighted by molar-refractivity contribution is 9.10. The number of halogens is 1. The van der Waals surface area contributed by atoms with E-state index in [2.05, 4.69) is 21.2 Å². The van der Waals surface area contributed by atoms with Gasteiger partial charge in [-0.15, -0.1) is 0 Å². The summed E-state index contributed by atoms with van der Waals surface area (Å²) < 4.78 is 11.3. The van der Waals surface area contributed by atoms with Crippen LogP contribution >= 0.6 is 15.9 Å². The fraction of sp³-hybridized carbons (Fsp3) is 0.462. The van der Waals surface area contributed by atoms with Crippen molar-refractivity contribution in [3.8, 4) is 0 Å². The summed E-state index contributed by atoms with van der Waals surface area (Å²) in [5.41, 5.74) is 0.0762. The molecule has 1 fully saturated rings. The number of nitrogens with zero attached hydrogens (tertiary/aromatic N) is 1. The highest BCUT2D eigenvalue weighted by atomic mass is 79.9. The van der Waals surface area contributed by atoms with E-state index in [9.17, 15) is 14.9 Å². The summed E-state index contributed by atoms with van der Waals surface area (Å²) >= 11 is 3.08. The van der Waals surface area contributed by atoms with E-state index in [4.69, 9.17) is 9.47 Å². The van der Waals surface area contributed by atoms with E-state index in [0.29, 0.717) is 11.1 Å². The zero-order valence-electron chi connectivity index (χ0n) is 11.6. The van der Waals surface area contributed by atoms with Crippen LogP contribution in [-0.2, 0) is 9.47 Å². The van der Waals surface area contributed by atoms with Crippen LogP contribution in [0.3, 0.4) is 0 Å². The van der Waals surface area contributed by atoms with Gasteiger partial charge in [-0.3, -0.25) is 14.9 Å². The van der Waals surface area contributed by atoms with Crippen molar-refractivity contribution < 1.29 is 19.2 Å². The molecule has 1 saturated heterocycles. The number of ether oxygens (including phenoxy) is 2. The fourth-order valence-corrected chi connectivity index (χ4v) is 2.36. The van der Waals surface area contributed by atoms with Crippen LogP contribution < -0.4 is 5.32 Å². The van der Waals surface area contributed by atoms with E-state index in [-0.39, 0.29) is 29.8 Å². The molecule has 114 valence electrons. The van der Waals surface area contributed by atoms with Crippen molar-refractivity contribution in [2.24, 2.45) is 0 Å². The fourth-order valence-electron chi connectivity index (χ4n) is 1.97. The van der Waals surface area contributed by atoms with Crippen LogP contribution in [0.1, 0.15) is 24.2 Å². The molecule has 7 nitrogen and oxygen atoms in total. The second-order valence-corrected chi connectivity index (χ2v) is 5.94. The number of nitro benzene ring substituents is 1. The highest BCUT2D eigenvalue weighted by Crippen LogP contribution is 2.26. The van der Waals surface area contributed by atoms with Gasteiger partial charge in [0.15, 0.2) is 5.79 Å². The van der Waals surface area contributed by atoms with Crippen molar-refractivity contribution in [3.63, 3.8) is 0 Å². The van der Waals surface area contributed by atoms with Gasteiger partial charge in [-0.05, 0) is 41.9 Å². The molecule has 2 rings (SSSR count). The van der Waals surface area contributed by atoms with Gasteiger partial charge in [-0.25, -0.2) is 0 Å². The lowest BCUT2D eigenvalue weighted by Crippen LogP contribution is -2.34. The van der Waals surface area contributed by atoms with Gasteiger partial charge in [0, 0.05) is 18.2 Å². The molecular formula is C13H15BrN2O5. The monoisotopic (exact) mass is 358 g/mol. The second-order valence-electron chi connectivity index (χ2n) is 5.08. The van der Waals surface area contributed by atoms with Gasteiger partial charge in [-0.1, -0.05) is 0 Å². The minimum Gasteiger partial charge on any atom is -0.349 e. The van der Waals surface area contributed by atoms with E-state index < -0.39 is 10.7 Å². The lowest BCUT2D eigenvalue weighted by molar-refractivity contribution is -0.385. The number of carbonyl (C=O) groups excluding carboxylic acids is 1. The van der Waals surface area contributed by atoms with Gasteiger partial charge in [0.25, 0.3) is 11.6 Å². The minimum absolute atomic E-state index is 0.149. The first-order valence-electron chi connectivity index (χ1n) is 6.32. The van der Waals surface area contributed by atoms with Gasteiger partial charge < -0.3 is 14.8 Å². The van der Waals surface area contributed by atoms with Crippen LogP contribution in [0.15, 0.2) is 22.7 Å². The molecule has 1 amide bonds. The second kappa shape index (κ2) is 6.08. The predicted octanol–water partition coefficient (Wildman–Crippen LogP) is 2.24. The van der Waals surface area contributed by atoms with Crippen molar-refractivity contribution in [2.45, 2.75) is 25.7 Å².